The Morgan fingerprint density at radius 2 is 2.04 bits per heavy atom. The number of amidine groups is 1. The van der Waals surface area contributed by atoms with Gasteiger partial charge in [0.15, 0.2) is 15.0 Å². The van der Waals surface area contributed by atoms with Gasteiger partial charge < -0.3 is 10.6 Å². The van der Waals surface area contributed by atoms with Crippen LogP contribution in [-0.2, 0) is 9.84 Å². The van der Waals surface area contributed by atoms with Gasteiger partial charge in [0.1, 0.15) is 0 Å². The summed E-state index contributed by atoms with van der Waals surface area (Å²) in [5, 5.41) is 6.80. The third-order valence-corrected chi connectivity index (χ3v) is 6.89. The first-order valence-corrected chi connectivity index (χ1v) is 10.3. The molecule has 1 saturated heterocycles. The van der Waals surface area contributed by atoms with E-state index in [0.29, 0.717) is 12.1 Å². The zero-order valence-electron chi connectivity index (χ0n) is 12.8. The van der Waals surface area contributed by atoms with Gasteiger partial charge in [-0.2, -0.15) is 0 Å². The maximum atomic E-state index is 11.8. The van der Waals surface area contributed by atoms with E-state index < -0.39 is 9.84 Å². The smallest absolute Gasteiger partial charge is 0.251 e. The molecule has 2 unspecified atom stereocenters. The minimum atomic E-state index is -2.92. The molecular formula is C15H19N3O3S2. The number of carbonyl (C=O) groups excluding carboxylic acids is 1. The zero-order valence-corrected chi connectivity index (χ0v) is 14.4. The Labute approximate surface area is 140 Å². The van der Waals surface area contributed by atoms with Gasteiger partial charge in [-0.05, 0) is 30.7 Å². The van der Waals surface area contributed by atoms with Crippen LogP contribution in [-0.4, -0.2) is 48.8 Å². The van der Waals surface area contributed by atoms with Crippen LogP contribution in [0.15, 0.2) is 29.3 Å². The fourth-order valence-corrected chi connectivity index (χ4v) is 6.26. The summed E-state index contributed by atoms with van der Waals surface area (Å²) in [4.78, 5) is 16.3. The van der Waals surface area contributed by atoms with Gasteiger partial charge in [0.2, 0.25) is 0 Å². The van der Waals surface area contributed by atoms with Crippen molar-refractivity contribution in [2.24, 2.45) is 4.99 Å². The highest BCUT2D eigenvalue weighted by molar-refractivity contribution is 8.15. The van der Waals surface area contributed by atoms with E-state index in [1.807, 2.05) is 19.1 Å². The number of sulfone groups is 1. The molecule has 0 aromatic heterocycles. The Morgan fingerprint density at radius 3 is 2.70 bits per heavy atom. The number of carbonyl (C=O) groups is 1. The Morgan fingerprint density at radius 1 is 1.30 bits per heavy atom. The fraction of sp³-hybridized carbons (Fsp3) is 0.467. The normalized spacial score (nSPS) is 24.8. The van der Waals surface area contributed by atoms with Crippen molar-refractivity contribution in [2.75, 3.05) is 23.4 Å². The second kappa shape index (κ2) is 6.52. The van der Waals surface area contributed by atoms with E-state index in [1.54, 1.807) is 12.1 Å². The van der Waals surface area contributed by atoms with E-state index in [9.17, 15) is 13.2 Å². The van der Waals surface area contributed by atoms with Crippen molar-refractivity contribution < 1.29 is 13.2 Å². The Bertz CT molecular complexity index is 729. The molecule has 0 bridgehead atoms. The highest BCUT2D eigenvalue weighted by atomic mass is 32.2. The maximum Gasteiger partial charge on any atom is 0.251 e. The summed E-state index contributed by atoms with van der Waals surface area (Å²) in [6, 6.07) is 7.05. The summed E-state index contributed by atoms with van der Waals surface area (Å²) in [6.07, 6.45) is 0.903. The maximum absolute atomic E-state index is 11.8. The van der Waals surface area contributed by atoms with E-state index in [2.05, 4.69) is 15.6 Å². The highest BCUT2D eigenvalue weighted by Gasteiger charge is 2.42. The van der Waals surface area contributed by atoms with Crippen LogP contribution in [0.5, 0.6) is 0 Å². The summed E-state index contributed by atoms with van der Waals surface area (Å²) < 4.78 is 23.1. The summed E-state index contributed by atoms with van der Waals surface area (Å²) in [6.45, 7) is 2.67. The molecule has 23 heavy (non-hydrogen) atoms. The van der Waals surface area contributed by atoms with Crippen LogP contribution >= 0.6 is 11.8 Å². The molecule has 124 valence electrons. The first-order chi connectivity index (χ1) is 11.0. The van der Waals surface area contributed by atoms with Crippen LogP contribution in [0, 0.1) is 0 Å². The summed E-state index contributed by atoms with van der Waals surface area (Å²) >= 11 is 1.48. The SMILES string of the molecule is CCCNC(=O)c1ccc(NC2=NC3CS(=O)(=O)CC3S2)cc1. The monoisotopic (exact) mass is 353 g/mol. The largest absolute Gasteiger partial charge is 0.352 e. The first-order valence-electron chi connectivity index (χ1n) is 7.57. The fourth-order valence-electron chi connectivity index (χ4n) is 2.59. The van der Waals surface area contributed by atoms with Gasteiger partial charge in [-0.15, -0.1) is 0 Å². The van der Waals surface area contributed by atoms with E-state index in [0.717, 1.165) is 17.3 Å². The minimum absolute atomic E-state index is 0.0293. The molecule has 0 aliphatic carbocycles. The number of nitrogens with zero attached hydrogens (tertiary/aromatic N) is 1. The average molecular weight is 353 g/mol. The molecule has 2 heterocycles. The Hall–Kier alpha value is -1.54. The standard InChI is InChI=1S/C15H19N3O3S2/c1-2-7-16-14(19)10-3-5-11(6-4-10)17-15-18-12-8-23(20,21)9-13(12)22-15/h3-6,12-13H,2,7-9H2,1H3,(H,16,19)(H,17,18). The van der Waals surface area contributed by atoms with Crippen molar-refractivity contribution in [3.05, 3.63) is 29.8 Å². The lowest BCUT2D eigenvalue weighted by atomic mass is 10.2. The Balaban J connectivity index is 1.60. The molecule has 6 nitrogen and oxygen atoms in total. The van der Waals surface area contributed by atoms with Gasteiger partial charge in [-0.25, -0.2) is 8.42 Å². The van der Waals surface area contributed by atoms with Gasteiger partial charge in [-0.1, -0.05) is 18.7 Å². The summed E-state index contributed by atoms with van der Waals surface area (Å²) in [7, 11) is -2.92. The molecule has 2 atom stereocenters. The van der Waals surface area contributed by atoms with Crippen LogP contribution in [0.2, 0.25) is 0 Å². The molecule has 1 fully saturated rings. The van der Waals surface area contributed by atoms with E-state index in [-0.39, 0.29) is 28.7 Å². The molecule has 2 aliphatic heterocycles. The molecule has 3 rings (SSSR count). The summed E-state index contributed by atoms with van der Waals surface area (Å²) in [5.74, 6) is 0.269. The third kappa shape index (κ3) is 3.87. The topological polar surface area (TPSA) is 87.6 Å². The van der Waals surface area contributed by atoms with E-state index in [1.165, 1.54) is 11.8 Å². The lowest BCUT2D eigenvalue weighted by molar-refractivity contribution is 0.0953. The molecule has 0 saturated carbocycles. The number of benzene rings is 1. The molecule has 1 aromatic rings. The average Bonchev–Trinajstić information content (AvgIpc) is 2.98. The minimum Gasteiger partial charge on any atom is -0.352 e. The van der Waals surface area contributed by atoms with Crippen LogP contribution < -0.4 is 10.6 Å². The molecule has 8 heteroatoms. The number of rotatable bonds is 4. The van der Waals surface area contributed by atoms with Crippen LogP contribution in [0.1, 0.15) is 23.7 Å². The van der Waals surface area contributed by atoms with E-state index >= 15 is 0 Å². The van der Waals surface area contributed by atoms with Gasteiger partial charge in [0.05, 0.1) is 17.5 Å². The predicted molar refractivity (Wildman–Crippen MR) is 93.9 cm³/mol. The molecule has 2 aliphatic rings. The van der Waals surface area contributed by atoms with Crippen molar-refractivity contribution in [1.82, 2.24) is 5.32 Å². The molecule has 1 amide bonds. The highest BCUT2D eigenvalue weighted by Crippen LogP contribution is 2.34. The molecule has 1 aromatic carbocycles. The van der Waals surface area contributed by atoms with Crippen molar-refractivity contribution >= 4 is 38.4 Å². The second-order valence-electron chi connectivity index (χ2n) is 5.69. The number of amides is 1. The first kappa shape index (κ1) is 16.3. The number of thioether (sulfide) groups is 1. The zero-order chi connectivity index (χ0) is 16.4. The molecular weight excluding hydrogens is 334 g/mol. The lowest BCUT2D eigenvalue weighted by Gasteiger charge is -2.08. The van der Waals surface area contributed by atoms with Crippen LogP contribution in [0.4, 0.5) is 5.69 Å². The molecule has 2 N–H and O–H groups in total. The summed E-state index contributed by atoms with van der Waals surface area (Å²) in [5.41, 5.74) is 1.46. The van der Waals surface area contributed by atoms with Crippen molar-refractivity contribution in [3.8, 4) is 0 Å². The van der Waals surface area contributed by atoms with Crippen LogP contribution in [0.25, 0.3) is 0 Å². The number of fused-ring (bicyclic) bond motifs is 1. The predicted octanol–water partition coefficient (Wildman–Crippen LogP) is 1.51. The van der Waals surface area contributed by atoms with Gasteiger partial charge in [0, 0.05) is 23.0 Å². The molecule has 0 radical (unpaired) electrons. The van der Waals surface area contributed by atoms with Gasteiger partial charge in [-0.3, -0.25) is 9.79 Å². The van der Waals surface area contributed by atoms with Crippen molar-refractivity contribution in [1.29, 1.82) is 0 Å². The quantitative estimate of drug-likeness (QED) is 0.857. The number of hydrogen-bond acceptors (Lipinski definition) is 6. The second-order valence-corrected chi connectivity index (χ2v) is 9.07. The Kier molecular flexibility index (Phi) is 4.63. The number of anilines is 1. The van der Waals surface area contributed by atoms with Gasteiger partial charge >= 0.3 is 0 Å². The van der Waals surface area contributed by atoms with Crippen LogP contribution in [0.3, 0.4) is 0 Å². The number of aliphatic imine (C=N–C) groups is 1. The number of hydrogen-bond donors (Lipinski definition) is 2. The third-order valence-electron chi connectivity index (χ3n) is 3.75. The number of nitrogens with one attached hydrogen (secondary N) is 2. The van der Waals surface area contributed by atoms with Gasteiger partial charge in [0.25, 0.3) is 5.91 Å². The van der Waals surface area contributed by atoms with E-state index in [4.69, 9.17) is 0 Å². The van der Waals surface area contributed by atoms with Crippen molar-refractivity contribution in [3.63, 3.8) is 0 Å². The molecule has 0 spiro atoms. The van der Waals surface area contributed by atoms with Crippen molar-refractivity contribution in [2.45, 2.75) is 24.6 Å². The lowest BCUT2D eigenvalue weighted by Crippen LogP contribution is -2.23.